The van der Waals surface area contributed by atoms with Crippen molar-refractivity contribution in [3.05, 3.63) is 39.2 Å². The second-order valence-electron chi connectivity index (χ2n) is 7.89. The molecule has 0 saturated carbocycles. The van der Waals surface area contributed by atoms with E-state index in [-0.39, 0.29) is 24.7 Å². The van der Waals surface area contributed by atoms with Crippen LogP contribution < -0.4 is 5.63 Å². The number of hydrogen-bond acceptors (Lipinski definition) is 7. The lowest BCUT2D eigenvalue weighted by Crippen LogP contribution is -2.24. The average molecular weight is 418 g/mol. The Morgan fingerprint density at radius 1 is 1.17 bits per heavy atom. The third kappa shape index (κ3) is 5.61. The number of hydrogen-bond donors (Lipinski definition) is 1. The number of likely N-dealkylation sites (tertiary alicyclic amines) is 1. The second kappa shape index (κ2) is 10.6. The van der Waals surface area contributed by atoms with Crippen molar-refractivity contribution in [2.24, 2.45) is 0 Å². The van der Waals surface area contributed by atoms with Gasteiger partial charge in [0.1, 0.15) is 17.9 Å². The van der Waals surface area contributed by atoms with E-state index in [0.717, 1.165) is 36.9 Å². The van der Waals surface area contributed by atoms with Crippen LogP contribution in [0.4, 0.5) is 0 Å². The molecule has 1 fully saturated rings. The van der Waals surface area contributed by atoms with E-state index in [0.29, 0.717) is 36.3 Å². The van der Waals surface area contributed by atoms with Gasteiger partial charge in [-0.2, -0.15) is 0 Å². The Hall–Kier alpha value is -2.38. The summed E-state index contributed by atoms with van der Waals surface area (Å²) in [5.41, 5.74) is 2.09. The number of carbonyl (C=O) groups is 1. The van der Waals surface area contributed by atoms with Crippen molar-refractivity contribution in [2.45, 2.75) is 52.0 Å². The van der Waals surface area contributed by atoms with Crippen LogP contribution in [-0.4, -0.2) is 49.4 Å². The van der Waals surface area contributed by atoms with Crippen LogP contribution in [0.1, 0.15) is 48.8 Å². The topological polar surface area (TPSA) is 89.2 Å². The summed E-state index contributed by atoms with van der Waals surface area (Å²) in [7, 11) is 1.55. The maximum Gasteiger partial charge on any atom is 0.336 e. The van der Waals surface area contributed by atoms with Gasteiger partial charge in [0, 0.05) is 31.5 Å². The SMILES string of the molecule is COCCOC(=O)CCc1cc2c(C)cc(=O)oc2c(CN2CCCCCC2)c1O. The Labute approximate surface area is 176 Å². The largest absolute Gasteiger partial charge is 0.507 e. The third-order valence-corrected chi connectivity index (χ3v) is 5.62. The molecule has 164 valence electrons. The van der Waals surface area contributed by atoms with Crippen LogP contribution in [0.3, 0.4) is 0 Å². The van der Waals surface area contributed by atoms with Crippen LogP contribution in [0.2, 0.25) is 0 Å². The van der Waals surface area contributed by atoms with Crippen molar-refractivity contribution in [2.75, 3.05) is 33.4 Å². The molecule has 7 nitrogen and oxygen atoms in total. The molecule has 1 aromatic heterocycles. The summed E-state index contributed by atoms with van der Waals surface area (Å²) < 4.78 is 15.5. The number of fused-ring (bicyclic) bond motifs is 1. The lowest BCUT2D eigenvalue weighted by molar-refractivity contribution is -0.144. The van der Waals surface area contributed by atoms with E-state index in [1.807, 2.05) is 13.0 Å². The molecule has 1 aromatic carbocycles. The monoisotopic (exact) mass is 417 g/mol. The van der Waals surface area contributed by atoms with Gasteiger partial charge in [0.25, 0.3) is 0 Å². The first kappa shape index (κ1) is 22.3. The molecular formula is C23H31NO6. The predicted molar refractivity (Wildman–Crippen MR) is 114 cm³/mol. The lowest BCUT2D eigenvalue weighted by Gasteiger charge is -2.22. The fourth-order valence-corrected chi connectivity index (χ4v) is 3.97. The minimum absolute atomic E-state index is 0.102. The van der Waals surface area contributed by atoms with Gasteiger partial charge in [-0.05, 0) is 56.5 Å². The number of phenols is 1. The minimum Gasteiger partial charge on any atom is -0.507 e. The highest BCUT2D eigenvalue weighted by Crippen LogP contribution is 2.34. The Bertz CT molecular complexity index is 927. The van der Waals surface area contributed by atoms with Gasteiger partial charge in [-0.25, -0.2) is 4.79 Å². The summed E-state index contributed by atoms with van der Waals surface area (Å²) in [6.07, 6.45) is 5.16. The van der Waals surface area contributed by atoms with Gasteiger partial charge in [-0.3, -0.25) is 9.69 Å². The molecule has 0 amide bonds. The van der Waals surface area contributed by atoms with Gasteiger partial charge in [0.2, 0.25) is 0 Å². The van der Waals surface area contributed by atoms with Crippen LogP contribution in [0.5, 0.6) is 5.75 Å². The molecule has 0 aliphatic carbocycles. The number of phenolic OH excluding ortho intramolecular Hbond substituents is 1. The van der Waals surface area contributed by atoms with E-state index in [1.165, 1.54) is 18.9 Å². The number of benzene rings is 1. The van der Waals surface area contributed by atoms with Crippen LogP contribution in [0.15, 0.2) is 21.3 Å². The molecule has 2 aromatic rings. The summed E-state index contributed by atoms with van der Waals surface area (Å²) in [5.74, 6) is -0.234. The first-order valence-corrected chi connectivity index (χ1v) is 10.6. The number of esters is 1. The Balaban J connectivity index is 1.90. The van der Waals surface area contributed by atoms with Gasteiger partial charge >= 0.3 is 11.6 Å². The summed E-state index contributed by atoms with van der Waals surface area (Å²) in [4.78, 5) is 26.3. The number of aryl methyl sites for hydroxylation is 2. The molecule has 1 saturated heterocycles. The molecule has 0 bridgehead atoms. The normalized spacial score (nSPS) is 15.3. The summed E-state index contributed by atoms with van der Waals surface area (Å²) in [5, 5.41) is 11.8. The van der Waals surface area contributed by atoms with E-state index in [4.69, 9.17) is 13.9 Å². The molecule has 0 radical (unpaired) electrons. The van der Waals surface area contributed by atoms with Crippen molar-refractivity contribution < 1.29 is 23.8 Å². The van der Waals surface area contributed by atoms with Crippen molar-refractivity contribution in [3.63, 3.8) is 0 Å². The van der Waals surface area contributed by atoms with Crippen molar-refractivity contribution >= 4 is 16.9 Å². The van der Waals surface area contributed by atoms with Crippen molar-refractivity contribution in [1.29, 1.82) is 0 Å². The van der Waals surface area contributed by atoms with E-state index in [1.54, 1.807) is 7.11 Å². The van der Waals surface area contributed by atoms with Crippen LogP contribution >= 0.6 is 0 Å². The van der Waals surface area contributed by atoms with Crippen LogP contribution in [0.25, 0.3) is 11.0 Å². The fraction of sp³-hybridized carbons (Fsp3) is 0.565. The lowest BCUT2D eigenvalue weighted by atomic mass is 9.98. The van der Waals surface area contributed by atoms with E-state index in [2.05, 4.69) is 4.90 Å². The van der Waals surface area contributed by atoms with Gasteiger partial charge < -0.3 is 19.0 Å². The summed E-state index contributed by atoms with van der Waals surface area (Å²) in [6, 6.07) is 3.27. The Morgan fingerprint density at radius 2 is 1.90 bits per heavy atom. The smallest absolute Gasteiger partial charge is 0.336 e. The van der Waals surface area contributed by atoms with E-state index < -0.39 is 5.63 Å². The molecule has 2 heterocycles. The third-order valence-electron chi connectivity index (χ3n) is 5.62. The Morgan fingerprint density at radius 3 is 2.60 bits per heavy atom. The van der Waals surface area contributed by atoms with Gasteiger partial charge in [-0.1, -0.05) is 12.8 Å². The number of rotatable bonds is 8. The number of methoxy groups -OCH3 is 1. The zero-order valence-corrected chi connectivity index (χ0v) is 17.9. The molecule has 1 aliphatic rings. The molecule has 1 N–H and O–H groups in total. The minimum atomic E-state index is -0.425. The number of nitrogens with zero attached hydrogens (tertiary/aromatic N) is 1. The number of aromatic hydroxyl groups is 1. The molecule has 30 heavy (non-hydrogen) atoms. The van der Waals surface area contributed by atoms with Crippen molar-refractivity contribution in [3.8, 4) is 5.75 Å². The highest BCUT2D eigenvalue weighted by Gasteiger charge is 2.20. The van der Waals surface area contributed by atoms with Gasteiger partial charge in [0.15, 0.2) is 0 Å². The average Bonchev–Trinajstić information content (AvgIpc) is 2.98. The molecule has 0 atom stereocenters. The first-order chi connectivity index (χ1) is 14.5. The van der Waals surface area contributed by atoms with Crippen molar-refractivity contribution in [1.82, 2.24) is 4.90 Å². The second-order valence-corrected chi connectivity index (χ2v) is 7.89. The highest BCUT2D eigenvalue weighted by molar-refractivity contribution is 5.86. The molecule has 3 rings (SSSR count). The fourth-order valence-electron chi connectivity index (χ4n) is 3.97. The maximum absolute atomic E-state index is 12.0. The molecule has 7 heteroatoms. The van der Waals surface area contributed by atoms with Crippen LogP contribution in [-0.2, 0) is 27.2 Å². The summed E-state index contributed by atoms with van der Waals surface area (Å²) in [6.45, 7) is 4.84. The highest BCUT2D eigenvalue weighted by atomic mass is 16.6. The molecule has 1 aliphatic heterocycles. The zero-order valence-electron chi connectivity index (χ0n) is 17.9. The molecule has 0 unspecified atom stereocenters. The quantitative estimate of drug-likeness (QED) is 0.400. The standard InChI is InChI=1S/C23H31NO6/c1-16-13-21(26)30-23-18(16)14-17(7-8-20(25)29-12-11-28-2)22(27)19(23)15-24-9-5-3-4-6-10-24/h13-14,27H,3-12,15H2,1-2H3. The first-order valence-electron chi connectivity index (χ1n) is 10.6. The number of carbonyl (C=O) groups excluding carboxylic acids is 1. The van der Waals surface area contributed by atoms with E-state index in [9.17, 15) is 14.7 Å². The number of ether oxygens (including phenoxy) is 2. The molecular weight excluding hydrogens is 386 g/mol. The predicted octanol–water partition coefficient (Wildman–Crippen LogP) is 3.31. The Kier molecular flexibility index (Phi) is 7.87. The van der Waals surface area contributed by atoms with E-state index >= 15 is 0 Å². The van der Waals surface area contributed by atoms with Crippen LogP contribution in [0, 0.1) is 6.92 Å². The maximum atomic E-state index is 12.0. The van der Waals surface area contributed by atoms with Gasteiger partial charge in [0.05, 0.1) is 12.2 Å². The zero-order chi connectivity index (χ0) is 21.5. The van der Waals surface area contributed by atoms with Gasteiger partial charge in [-0.15, -0.1) is 0 Å². The molecule has 0 spiro atoms. The summed E-state index contributed by atoms with van der Waals surface area (Å²) >= 11 is 0.